The highest BCUT2D eigenvalue weighted by Gasteiger charge is 2.66. The second kappa shape index (κ2) is 7.39. The summed E-state index contributed by atoms with van der Waals surface area (Å²) in [5.41, 5.74) is 2.66. The molecule has 1 saturated heterocycles. The molecule has 0 bridgehead atoms. The lowest BCUT2D eigenvalue weighted by Gasteiger charge is -2.58. The molecule has 5 heteroatoms. The van der Waals surface area contributed by atoms with Gasteiger partial charge < -0.3 is 14.4 Å². The number of hydrogen-bond donors (Lipinski definition) is 0. The van der Waals surface area contributed by atoms with E-state index in [1.165, 1.54) is 0 Å². The minimum Gasteiger partial charge on any atom is -0.497 e. The fourth-order valence-electron chi connectivity index (χ4n) is 5.16. The van der Waals surface area contributed by atoms with Crippen molar-refractivity contribution in [1.29, 1.82) is 0 Å². The molecule has 1 amide bonds. The van der Waals surface area contributed by atoms with Gasteiger partial charge in [-0.1, -0.05) is 60.1 Å². The average molecular weight is 454 g/mol. The minimum atomic E-state index is -0.904. The molecule has 33 heavy (non-hydrogen) atoms. The normalized spacial score (nSPS) is 17.6. The maximum atomic E-state index is 14.3. The summed E-state index contributed by atoms with van der Waals surface area (Å²) in [4.78, 5) is 16.1. The molecule has 0 saturated carbocycles. The molecule has 1 unspecified atom stereocenters. The molecular formula is C28H20ClNO3. The summed E-state index contributed by atoms with van der Waals surface area (Å²) in [5.74, 6) is 2.16. The standard InChI is InChI=1S/C28H20ClNO3/c1-32-21-16-14-20(15-17-21)30-26(18-10-12-19(29)13-11-18)28(27(30)31)22-6-2-4-8-24(22)33-25-9-5-3-7-23(25)28/h2-17,26H,1H3. The third kappa shape index (κ3) is 2.74. The maximum absolute atomic E-state index is 14.3. The van der Waals surface area contributed by atoms with E-state index < -0.39 is 5.41 Å². The molecule has 2 aliphatic rings. The van der Waals surface area contributed by atoms with Crippen LogP contribution in [-0.4, -0.2) is 13.0 Å². The zero-order valence-electron chi connectivity index (χ0n) is 17.9. The number of anilines is 1. The molecule has 0 N–H and O–H groups in total. The molecular weight excluding hydrogens is 434 g/mol. The fourth-order valence-corrected chi connectivity index (χ4v) is 5.28. The van der Waals surface area contributed by atoms with Gasteiger partial charge in [0.15, 0.2) is 0 Å². The number of para-hydroxylation sites is 2. The Morgan fingerprint density at radius 1 is 0.818 bits per heavy atom. The van der Waals surface area contributed by atoms with Crippen molar-refractivity contribution in [2.45, 2.75) is 11.5 Å². The number of halogens is 1. The Hall–Kier alpha value is -3.76. The Morgan fingerprint density at radius 3 is 1.97 bits per heavy atom. The van der Waals surface area contributed by atoms with Crippen molar-refractivity contribution >= 4 is 23.2 Å². The third-order valence-corrected chi connectivity index (χ3v) is 6.86. The van der Waals surface area contributed by atoms with Gasteiger partial charge in [-0.15, -0.1) is 0 Å². The summed E-state index contributed by atoms with van der Waals surface area (Å²) >= 11 is 6.22. The van der Waals surface area contributed by atoms with Gasteiger partial charge in [-0.25, -0.2) is 0 Å². The van der Waals surface area contributed by atoms with Gasteiger partial charge in [0, 0.05) is 21.8 Å². The van der Waals surface area contributed by atoms with Gasteiger partial charge >= 0.3 is 0 Å². The highest BCUT2D eigenvalue weighted by Crippen LogP contribution is 2.63. The SMILES string of the molecule is COc1ccc(N2C(=O)C3(c4ccccc4Oc4ccccc43)C2c2ccc(Cl)cc2)cc1. The number of fused-ring (bicyclic) bond motifs is 4. The number of carbonyl (C=O) groups excluding carboxylic acids is 1. The monoisotopic (exact) mass is 453 g/mol. The summed E-state index contributed by atoms with van der Waals surface area (Å²) in [7, 11) is 1.63. The highest BCUT2D eigenvalue weighted by molar-refractivity contribution is 6.30. The van der Waals surface area contributed by atoms with Crippen LogP contribution < -0.4 is 14.4 Å². The van der Waals surface area contributed by atoms with Crippen molar-refractivity contribution in [2.75, 3.05) is 12.0 Å². The maximum Gasteiger partial charge on any atom is 0.245 e. The van der Waals surface area contributed by atoms with Crippen LogP contribution in [0.2, 0.25) is 5.02 Å². The number of ether oxygens (including phenoxy) is 2. The summed E-state index contributed by atoms with van der Waals surface area (Å²) in [6.45, 7) is 0. The Balaban J connectivity index is 1.61. The van der Waals surface area contributed by atoms with E-state index in [0.29, 0.717) is 16.5 Å². The summed E-state index contributed by atoms with van der Waals surface area (Å²) in [6, 6.07) is 30.7. The van der Waals surface area contributed by atoms with Crippen LogP contribution >= 0.6 is 11.6 Å². The van der Waals surface area contributed by atoms with Crippen molar-refractivity contribution < 1.29 is 14.3 Å². The van der Waals surface area contributed by atoms with E-state index in [2.05, 4.69) is 0 Å². The first-order valence-corrected chi connectivity index (χ1v) is 11.1. The van der Waals surface area contributed by atoms with Gasteiger partial charge in [-0.05, 0) is 54.1 Å². The van der Waals surface area contributed by atoms with E-state index >= 15 is 0 Å². The zero-order chi connectivity index (χ0) is 22.6. The van der Waals surface area contributed by atoms with Crippen LogP contribution in [-0.2, 0) is 10.2 Å². The first-order valence-electron chi connectivity index (χ1n) is 10.7. The average Bonchev–Trinajstić information content (AvgIpc) is 2.86. The van der Waals surface area contributed by atoms with E-state index in [1.807, 2.05) is 102 Å². The summed E-state index contributed by atoms with van der Waals surface area (Å²) in [5, 5.41) is 0.655. The Bertz CT molecular complexity index is 1320. The number of hydrogen-bond acceptors (Lipinski definition) is 3. The van der Waals surface area contributed by atoms with Crippen LogP contribution in [0.1, 0.15) is 22.7 Å². The van der Waals surface area contributed by atoms with Crippen molar-refractivity contribution in [3.8, 4) is 17.2 Å². The lowest BCUT2D eigenvalue weighted by atomic mass is 9.58. The van der Waals surface area contributed by atoms with Crippen LogP contribution in [0.15, 0.2) is 97.1 Å². The fraction of sp³-hybridized carbons (Fsp3) is 0.107. The second-order valence-corrected chi connectivity index (χ2v) is 8.67. The van der Waals surface area contributed by atoms with Crippen LogP contribution in [0.5, 0.6) is 17.2 Å². The number of benzene rings is 4. The smallest absolute Gasteiger partial charge is 0.245 e. The van der Waals surface area contributed by atoms with Gasteiger partial charge in [0.2, 0.25) is 5.91 Å². The zero-order valence-corrected chi connectivity index (χ0v) is 18.6. The lowest BCUT2D eigenvalue weighted by molar-refractivity contribution is -0.131. The Kier molecular flexibility index (Phi) is 4.46. The number of carbonyl (C=O) groups is 1. The predicted octanol–water partition coefficient (Wildman–Crippen LogP) is 6.53. The van der Waals surface area contributed by atoms with Gasteiger partial charge in [0.05, 0.1) is 13.2 Å². The van der Waals surface area contributed by atoms with Gasteiger partial charge in [-0.2, -0.15) is 0 Å². The molecule has 162 valence electrons. The van der Waals surface area contributed by atoms with Gasteiger partial charge in [-0.3, -0.25) is 4.79 Å². The largest absolute Gasteiger partial charge is 0.497 e. The molecule has 1 spiro atoms. The van der Waals surface area contributed by atoms with Crippen molar-refractivity contribution in [3.05, 3.63) is 119 Å². The summed E-state index contributed by atoms with van der Waals surface area (Å²) in [6.07, 6.45) is 0. The molecule has 2 aliphatic heterocycles. The predicted molar refractivity (Wildman–Crippen MR) is 128 cm³/mol. The van der Waals surface area contributed by atoms with Crippen LogP contribution in [0.3, 0.4) is 0 Å². The van der Waals surface area contributed by atoms with Gasteiger partial charge in [0.1, 0.15) is 22.7 Å². The van der Waals surface area contributed by atoms with E-state index in [1.54, 1.807) is 7.11 Å². The molecule has 1 fully saturated rings. The molecule has 0 aromatic heterocycles. The molecule has 4 nitrogen and oxygen atoms in total. The number of nitrogens with zero attached hydrogens (tertiary/aromatic N) is 1. The van der Waals surface area contributed by atoms with E-state index in [-0.39, 0.29) is 11.9 Å². The van der Waals surface area contributed by atoms with E-state index in [9.17, 15) is 4.79 Å². The van der Waals surface area contributed by atoms with Crippen molar-refractivity contribution in [2.24, 2.45) is 0 Å². The van der Waals surface area contributed by atoms with Gasteiger partial charge in [0.25, 0.3) is 0 Å². The molecule has 6 rings (SSSR count). The quantitative estimate of drug-likeness (QED) is 0.331. The number of β-lactam (4-membered cyclic amide) rings is 1. The highest BCUT2D eigenvalue weighted by atomic mass is 35.5. The Morgan fingerprint density at radius 2 is 1.39 bits per heavy atom. The van der Waals surface area contributed by atoms with E-state index in [0.717, 1.165) is 28.1 Å². The van der Waals surface area contributed by atoms with Crippen molar-refractivity contribution in [1.82, 2.24) is 0 Å². The molecule has 4 aromatic carbocycles. The third-order valence-electron chi connectivity index (χ3n) is 6.60. The molecule has 0 radical (unpaired) electrons. The van der Waals surface area contributed by atoms with Crippen LogP contribution in [0, 0.1) is 0 Å². The van der Waals surface area contributed by atoms with Crippen LogP contribution in [0.4, 0.5) is 5.69 Å². The van der Waals surface area contributed by atoms with E-state index in [4.69, 9.17) is 21.1 Å². The first-order chi connectivity index (χ1) is 16.1. The molecule has 2 heterocycles. The van der Waals surface area contributed by atoms with Crippen LogP contribution in [0.25, 0.3) is 0 Å². The molecule has 4 aromatic rings. The number of amides is 1. The topological polar surface area (TPSA) is 38.8 Å². The Labute approximate surface area is 197 Å². The first kappa shape index (κ1) is 19.9. The molecule has 0 aliphatic carbocycles. The van der Waals surface area contributed by atoms with Crippen molar-refractivity contribution in [3.63, 3.8) is 0 Å². The molecule has 1 atom stereocenters. The summed E-state index contributed by atoms with van der Waals surface area (Å²) < 4.78 is 11.5. The lowest BCUT2D eigenvalue weighted by Crippen LogP contribution is -2.67. The number of methoxy groups -OCH3 is 1. The number of rotatable bonds is 3. The second-order valence-electron chi connectivity index (χ2n) is 8.23. The minimum absolute atomic E-state index is 0.0100.